The molecule has 3 heteroatoms. The molecular weight excluding hydrogens is 200 g/mol. The Morgan fingerprint density at radius 1 is 1.50 bits per heavy atom. The van der Waals surface area contributed by atoms with Gasteiger partial charge in [-0.1, -0.05) is 12.1 Å². The summed E-state index contributed by atoms with van der Waals surface area (Å²) in [6.07, 6.45) is 0.838. The molecule has 1 aromatic carbocycles. The average Bonchev–Trinajstić information content (AvgIpc) is 2.58. The third kappa shape index (κ3) is 2.20. The van der Waals surface area contributed by atoms with E-state index in [0.717, 1.165) is 25.1 Å². The van der Waals surface area contributed by atoms with E-state index in [9.17, 15) is 5.11 Å². The minimum Gasteiger partial charge on any atom is -0.388 e. The van der Waals surface area contributed by atoms with Crippen molar-refractivity contribution in [2.75, 3.05) is 18.0 Å². The van der Waals surface area contributed by atoms with Crippen LogP contribution in [-0.2, 0) is 6.54 Å². The molecular formula is C13H20N2O. The molecule has 1 unspecified atom stereocenters. The van der Waals surface area contributed by atoms with Gasteiger partial charge in [-0.25, -0.2) is 0 Å². The molecule has 1 saturated heterocycles. The zero-order valence-electron chi connectivity index (χ0n) is 10.0. The number of anilines is 1. The van der Waals surface area contributed by atoms with Gasteiger partial charge in [0.15, 0.2) is 0 Å². The Bertz CT molecular complexity index is 388. The van der Waals surface area contributed by atoms with Crippen LogP contribution < -0.4 is 10.6 Å². The molecule has 3 nitrogen and oxygen atoms in total. The number of hydrogen-bond acceptors (Lipinski definition) is 3. The summed E-state index contributed by atoms with van der Waals surface area (Å²) in [5, 5.41) is 9.96. The average molecular weight is 220 g/mol. The van der Waals surface area contributed by atoms with Crippen LogP contribution in [-0.4, -0.2) is 23.8 Å². The highest BCUT2D eigenvalue weighted by atomic mass is 16.3. The molecule has 88 valence electrons. The maximum absolute atomic E-state index is 9.96. The number of β-amino-alcohol motifs (C(OH)–C–C–N with tert-alkyl or cyclic N) is 1. The zero-order chi connectivity index (χ0) is 11.8. The van der Waals surface area contributed by atoms with Crippen LogP contribution in [0.5, 0.6) is 0 Å². The minimum atomic E-state index is -0.543. The third-order valence-corrected chi connectivity index (χ3v) is 3.29. The molecule has 0 saturated carbocycles. The van der Waals surface area contributed by atoms with Crippen LogP contribution in [0.4, 0.5) is 5.69 Å². The summed E-state index contributed by atoms with van der Waals surface area (Å²) in [4.78, 5) is 2.25. The first-order valence-electron chi connectivity index (χ1n) is 5.79. The lowest BCUT2D eigenvalue weighted by Gasteiger charge is -2.23. The van der Waals surface area contributed by atoms with Gasteiger partial charge in [-0.2, -0.15) is 0 Å². The summed E-state index contributed by atoms with van der Waals surface area (Å²) < 4.78 is 0. The molecule has 1 aliphatic rings. The van der Waals surface area contributed by atoms with Gasteiger partial charge in [-0.05, 0) is 37.5 Å². The lowest BCUT2D eigenvalue weighted by atomic mass is 10.1. The molecule has 1 aromatic rings. The fourth-order valence-corrected chi connectivity index (χ4v) is 2.35. The Balaban J connectivity index is 2.22. The van der Waals surface area contributed by atoms with Gasteiger partial charge in [-0.3, -0.25) is 0 Å². The number of benzene rings is 1. The van der Waals surface area contributed by atoms with Gasteiger partial charge in [0, 0.05) is 25.3 Å². The summed E-state index contributed by atoms with van der Waals surface area (Å²) in [7, 11) is 0. The van der Waals surface area contributed by atoms with Crippen LogP contribution >= 0.6 is 0 Å². The normalized spacial score (nSPS) is 25.1. The van der Waals surface area contributed by atoms with Gasteiger partial charge in [0.1, 0.15) is 0 Å². The number of aliphatic hydroxyl groups is 1. The summed E-state index contributed by atoms with van der Waals surface area (Å²) in [5.74, 6) is 0. The van der Waals surface area contributed by atoms with E-state index < -0.39 is 5.60 Å². The zero-order valence-corrected chi connectivity index (χ0v) is 10.0. The predicted molar refractivity (Wildman–Crippen MR) is 66.5 cm³/mol. The fourth-order valence-electron chi connectivity index (χ4n) is 2.35. The lowest BCUT2D eigenvalue weighted by Crippen LogP contribution is -2.29. The summed E-state index contributed by atoms with van der Waals surface area (Å²) in [6, 6.07) is 6.30. The molecule has 2 rings (SSSR count). The molecule has 1 aliphatic heterocycles. The van der Waals surface area contributed by atoms with Gasteiger partial charge in [0.25, 0.3) is 0 Å². The molecule has 1 fully saturated rings. The van der Waals surface area contributed by atoms with Crippen LogP contribution in [0.2, 0.25) is 0 Å². The van der Waals surface area contributed by atoms with E-state index in [1.807, 2.05) is 6.92 Å². The van der Waals surface area contributed by atoms with Gasteiger partial charge >= 0.3 is 0 Å². The first-order valence-corrected chi connectivity index (χ1v) is 5.79. The quantitative estimate of drug-likeness (QED) is 0.792. The van der Waals surface area contributed by atoms with Crippen LogP contribution in [0.3, 0.4) is 0 Å². The molecule has 0 aromatic heterocycles. The Hall–Kier alpha value is -1.06. The lowest BCUT2D eigenvalue weighted by molar-refractivity contribution is 0.0839. The highest BCUT2D eigenvalue weighted by Gasteiger charge is 2.31. The van der Waals surface area contributed by atoms with Crippen molar-refractivity contribution in [2.45, 2.75) is 32.4 Å². The van der Waals surface area contributed by atoms with Crippen molar-refractivity contribution >= 4 is 5.69 Å². The van der Waals surface area contributed by atoms with E-state index in [1.54, 1.807) is 0 Å². The van der Waals surface area contributed by atoms with Crippen LogP contribution in [0.25, 0.3) is 0 Å². The van der Waals surface area contributed by atoms with Crippen molar-refractivity contribution in [3.63, 3.8) is 0 Å². The molecule has 0 amide bonds. The molecule has 0 aliphatic carbocycles. The van der Waals surface area contributed by atoms with E-state index in [2.05, 4.69) is 30.0 Å². The topological polar surface area (TPSA) is 49.5 Å². The number of aryl methyl sites for hydroxylation is 1. The largest absolute Gasteiger partial charge is 0.388 e. The molecule has 16 heavy (non-hydrogen) atoms. The second kappa shape index (κ2) is 4.07. The molecule has 0 spiro atoms. The van der Waals surface area contributed by atoms with Crippen molar-refractivity contribution in [3.8, 4) is 0 Å². The van der Waals surface area contributed by atoms with Gasteiger partial charge in [0.05, 0.1) is 5.60 Å². The molecule has 1 atom stereocenters. The highest BCUT2D eigenvalue weighted by molar-refractivity contribution is 5.55. The maximum atomic E-state index is 9.96. The van der Waals surface area contributed by atoms with Crippen LogP contribution in [0.15, 0.2) is 18.2 Å². The number of rotatable bonds is 2. The number of nitrogens with two attached hydrogens (primary N) is 1. The highest BCUT2D eigenvalue weighted by Crippen LogP contribution is 2.29. The Morgan fingerprint density at radius 2 is 2.25 bits per heavy atom. The Morgan fingerprint density at radius 3 is 2.75 bits per heavy atom. The van der Waals surface area contributed by atoms with Gasteiger partial charge in [-0.15, -0.1) is 0 Å². The molecule has 1 heterocycles. The van der Waals surface area contributed by atoms with E-state index in [0.29, 0.717) is 6.54 Å². The first kappa shape index (κ1) is 11.4. The smallest absolute Gasteiger partial charge is 0.0810 e. The van der Waals surface area contributed by atoms with Crippen LogP contribution in [0.1, 0.15) is 24.5 Å². The molecule has 0 radical (unpaired) electrons. The van der Waals surface area contributed by atoms with E-state index in [-0.39, 0.29) is 0 Å². The second-order valence-corrected chi connectivity index (χ2v) is 4.99. The van der Waals surface area contributed by atoms with Crippen molar-refractivity contribution in [1.29, 1.82) is 0 Å². The fraction of sp³-hybridized carbons (Fsp3) is 0.538. The maximum Gasteiger partial charge on any atom is 0.0810 e. The summed E-state index contributed by atoms with van der Waals surface area (Å²) >= 11 is 0. The summed E-state index contributed by atoms with van der Waals surface area (Å²) in [6.45, 7) is 6.22. The SMILES string of the molecule is Cc1cc(CN)ccc1N1CCC(C)(O)C1. The number of hydrogen-bond donors (Lipinski definition) is 2. The van der Waals surface area contributed by atoms with Crippen LogP contribution in [0, 0.1) is 6.92 Å². The first-order chi connectivity index (χ1) is 7.52. The van der Waals surface area contributed by atoms with E-state index >= 15 is 0 Å². The minimum absolute atomic E-state index is 0.543. The van der Waals surface area contributed by atoms with E-state index in [4.69, 9.17) is 5.73 Å². The van der Waals surface area contributed by atoms with E-state index in [1.165, 1.54) is 11.3 Å². The molecule has 0 bridgehead atoms. The number of nitrogens with zero attached hydrogens (tertiary/aromatic N) is 1. The third-order valence-electron chi connectivity index (χ3n) is 3.29. The van der Waals surface area contributed by atoms with Gasteiger partial charge < -0.3 is 15.7 Å². The monoisotopic (exact) mass is 220 g/mol. The predicted octanol–water partition coefficient (Wildman–Crippen LogP) is 1.41. The Labute approximate surface area is 96.9 Å². The van der Waals surface area contributed by atoms with Crippen molar-refractivity contribution in [1.82, 2.24) is 0 Å². The standard InChI is InChI=1S/C13H20N2O/c1-10-7-11(8-14)3-4-12(10)15-6-5-13(2,16)9-15/h3-4,7,16H,5-6,8-9,14H2,1-2H3. The van der Waals surface area contributed by atoms with Crippen molar-refractivity contribution in [2.24, 2.45) is 5.73 Å². The Kier molecular flexibility index (Phi) is 2.91. The van der Waals surface area contributed by atoms with Crippen molar-refractivity contribution in [3.05, 3.63) is 29.3 Å². The van der Waals surface area contributed by atoms with Crippen molar-refractivity contribution < 1.29 is 5.11 Å². The van der Waals surface area contributed by atoms with Gasteiger partial charge in [0.2, 0.25) is 0 Å². The molecule has 3 N–H and O–H groups in total. The summed E-state index contributed by atoms with van der Waals surface area (Å²) in [5.41, 5.74) is 8.68. The second-order valence-electron chi connectivity index (χ2n) is 4.99.